The Morgan fingerprint density at radius 1 is 1.39 bits per heavy atom. The number of hydrogen-bond acceptors (Lipinski definition) is 6. The third kappa shape index (κ3) is 1.95. The number of thiophene rings is 1. The summed E-state index contributed by atoms with van der Waals surface area (Å²) in [5.74, 6) is 0.640. The molecule has 0 aliphatic carbocycles. The Hall–Kier alpha value is -1.60. The van der Waals surface area contributed by atoms with E-state index in [1.165, 1.54) is 0 Å². The van der Waals surface area contributed by atoms with E-state index in [1.54, 1.807) is 29.3 Å². The van der Waals surface area contributed by atoms with Crippen molar-refractivity contribution in [3.8, 4) is 0 Å². The van der Waals surface area contributed by atoms with Crippen molar-refractivity contribution in [2.75, 3.05) is 12.4 Å². The predicted molar refractivity (Wildman–Crippen MR) is 74.3 cm³/mol. The molecule has 18 heavy (non-hydrogen) atoms. The van der Waals surface area contributed by atoms with Crippen LogP contribution in [-0.2, 0) is 7.05 Å². The summed E-state index contributed by atoms with van der Waals surface area (Å²) in [5, 5.41) is 7.94. The van der Waals surface area contributed by atoms with Crippen molar-refractivity contribution in [3.05, 3.63) is 23.8 Å². The first-order valence-electron chi connectivity index (χ1n) is 5.36. The van der Waals surface area contributed by atoms with Gasteiger partial charge in [0.2, 0.25) is 5.95 Å². The average molecular weight is 277 g/mol. The zero-order valence-corrected chi connectivity index (χ0v) is 11.5. The second-order valence-corrected chi connectivity index (χ2v) is 5.52. The normalized spacial score (nSPS) is 11.0. The third-order valence-corrected chi connectivity index (χ3v) is 4.37. The summed E-state index contributed by atoms with van der Waals surface area (Å²) in [6.07, 6.45) is 3.71. The molecule has 0 amide bonds. The summed E-state index contributed by atoms with van der Waals surface area (Å²) in [6.45, 7) is 0. The van der Waals surface area contributed by atoms with Gasteiger partial charge in [-0.25, -0.2) is 15.0 Å². The van der Waals surface area contributed by atoms with Gasteiger partial charge in [0.05, 0.1) is 0 Å². The fraction of sp³-hybridized carbons (Fsp3) is 0.182. The Labute approximate surface area is 112 Å². The number of aromatic nitrogens is 4. The van der Waals surface area contributed by atoms with Crippen molar-refractivity contribution >= 4 is 39.3 Å². The predicted octanol–water partition coefficient (Wildman–Crippen LogP) is 2.62. The van der Waals surface area contributed by atoms with E-state index < -0.39 is 0 Å². The van der Waals surface area contributed by atoms with Crippen LogP contribution >= 0.6 is 23.1 Å². The Balaban J connectivity index is 2.10. The van der Waals surface area contributed by atoms with E-state index in [2.05, 4.69) is 20.3 Å². The summed E-state index contributed by atoms with van der Waals surface area (Å²) in [6, 6.07) is 2.05. The van der Waals surface area contributed by atoms with Gasteiger partial charge in [-0.2, -0.15) is 0 Å². The molecule has 0 radical (unpaired) electrons. The van der Waals surface area contributed by atoms with Crippen LogP contribution in [0.2, 0.25) is 0 Å². The largest absolute Gasteiger partial charge is 0.357 e. The van der Waals surface area contributed by atoms with Gasteiger partial charge in [-0.1, -0.05) is 0 Å². The summed E-state index contributed by atoms with van der Waals surface area (Å²) in [7, 11) is 3.80. The minimum Gasteiger partial charge on any atom is -0.357 e. The Morgan fingerprint density at radius 2 is 2.28 bits per heavy atom. The van der Waals surface area contributed by atoms with E-state index >= 15 is 0 Å². The van der Waals surface area contributed by atoms with Crippen molar-refractivity contribution in [2.24, 2.45) is 7.05 Å². The number of imidazole rings is 1. The lowest BCUT2D eigenvalue weighted by molar-refractivity contribution is 0.789. The second kappa shape index (κ2) is 4.58. The molecule has 92 valence electrons. The minimum absolute atomic E-state index is 0.640. The van der Waals surface area contributed by atoms with Crippen LogP contribution in [0.25, 0.3) is 10.2 Å². The summed E-state index contributed by atoms with van der Waals surface area (Å²) in [4.78, 5) is 14.2. The number of aryl methyl sites for hydroxylation is 1. The van der Waals surface area contributed by atoms with Gasteiger partial charge in [0.25, 0.3) is 0 Å². The van der Waals surface area contributed by atoms with Crippen molar-refractivity contribution < 1.29 is 0 Å². The molecule has 0 aliphatic rings. The highest BCUT2D eigenvalue weighted by atomic mass is 32.2. The van der Waals surface area contributed by atoms with E-state index in [1.807, 2.05) is 36.3 Å². The number of nitrogens with zero attached hydrogens (tertiary/aromatic N) is 4. The first-order chi connectivity index (χ1) is 8.78. The zero-order chi connectivity index (χ0) is 12.5. The molecular weight excluding hydrogens is 266 g/mol. The number of rotatable bonds is 3. The molecule has 0 saturated carbocycles. The van der Waals surface area contributed by atoms with Gasteiger partial charge in [-0.15, -0.1) is 11.3 Å². The van der Waals surface area contributed by atoms with Gasteiger partial charge in [0.1, 0.15) is 9.86 Å². The maximum Gasteiger partial charge on any atom is 0.224 e. The van der Waals surface area contributed by atoms with Crippen LogP contribution in [-0.4, -0.2) is 26.6 Å². The molecule has 3 rings (SSSR count). The smallest absolute Gasteiger partial charge is 0.224 e. The lowest BCUT2D eigenvalue weighted by Crippen LogP contribution is -1.98. The quantitative estimate of drug-likeness (QED) is 0.746. The monoisotopic (exact) mass is 277 g/mol. The summed E-state index contributed by atoms with van der Waals surface area (Å²) in [5.41, 5.74) is 0. The molecule has 0 spiro atoms. The molecule has 0 saturated heterocycles. The van der Waals surface area contributed by atoms with Gasteiger partial charge in [0, 0.05) is 31.9 Å². The minimum atomic E-state index is 0.640. The fourth-order valence-electron chi connectivity index (χ4n) is 1.55. The van der Waals surface area contributed by atoms with E-state index in [9.17, 15) is 0 Å². The van der Waals surface area contributed by atoms with Crippen molar-refractivity contribution in [1.82, 2.24) is 19.5 Å². The highest BCUT2D eigenvalue weighted by molar-refractivity contribution is 7.99. The molecule has 3 heterocycles. The van der Waals surface area contributed by atoms with Crippen LogP contribution in [0, 0.1) is 0 Å². The van der Waals surface area contributed by atoms with Crippen LogP contribution < -0.4 is 5.32 Å². The number of nitrogens with one attached hydrogen (secondary N) is 1. The number of hydrogen-bond donors (Lipinski definition) is 1. The van der Waals surface area contributed by atoms with Crippen molar-refractivity contribution in [3.63, 3.8) is 0 Å². The zero-order valence-electron chi connectivity index (χ0n) is 9.91. The van der Waals surface area contributed by atoms with Crippen molar-refractivity contribution in [2.45, 2.75) is 10.2 Å². The Bertz CT molecular complexity index is 688. The molecule has 3 aromatic heterocycles. The molecule has 1 N–H and O–H groups in total. The molecule has 0 unspecified atom stereocenters. The molecule has 0 bridgehead atoms. The standard InChI is InChI=1S/C11H11N5S2/c1-12-10-14-8-7(3-6-17-8)9(15-10)18-11-13-4-5-16(11)2/h3-6H,1-2H3,(H,12,14,15). The van der Waals surface area contributed by atoms with Crippen molar-refractivity contribution in [1.29, 1.82) is 0 Å². The molecule has 0 atom stereocenters. The fourth-order valence-corrected chi connectivity index (χ4v) is 3.28. The summed E-state index contributed by atoms with van der Waals surface area (Å²) < 4.78 is 1.98. The third-order valence-electron chi connectivity index (χ3n) is 2.48. The average Bonchev–Trinajstić information content (AvgIpc) is 2.98. The van der Waals surface area contributed by atoms with E-state index in [4.69, 9.17) is 0 Å². The Morgan fingerprint density at radius 3 is 3.00 bits per heavy atom. The van der Waals surface area contributed by atoms with Crippen LogP contribution in [0.4, 0.5) is 5.95 Å². The number of fused-ring (bicyclic) bond motifs is 1. The van der Waals surface area contributed by atoms with E-state index in [0.717, 1.165) is 20.4 Å². The molecule has 3 aromatic rings. The van der Waals surface area contributed by atoms with Crippen LogP contribution in [0.3, 0.4) is 0 Å². The SMILES string of the molecule is CNc1nc(Sc2nccn2C)c2ccsc2n1. The van der Waals surface area contributed by atoms with Crippen LogP contribution in [0.5, 0.6) is 0 Å². The Kier molecular flexibility index (Phi) is 2.92. The first-order valence-corrected chi connectivity index (χ1v) is 7.05. The van der Waals surface area contributed by atoms with E-state index in [0.29, 0.717) is 5.95 Å². The second-order valence-electron chi connectivity index (χ2n) is 3.66. The van der Waals surface area contributed by atoms with Crippen LogP contribution in [0.15, 0.2) is 34.0 Å². The number of anilines is 1. The van der Waals surface area contributed by atoms with Gasteiger partial charge < -0.3 is 9.88 Å². The van der Waals surface area contributed by atoms with Crippen LogP contribution in [0.1, 0.15) is 0 Å². The molecule has 0 aliphatic heterocycles. The molecule has 0 aromatic carbocycles. The first kappa shape index (κ1) is 11.5. The topological polar surface area (TPSA) is 55.6 Å². The van der Waals surface area contributed by atoms with Gasteiger partial charge >= 0.3 is 0 Å². The summed E-state index contributed by atoms with van der Waals surface area (Å²) >= 11 is 3.17. The molecule has 5 nitrogen and oxygen atoms in total. The van der Waals surface area contributed by atoms with Gasteiger partial charge in [-0.05, 0) is 23.2 Å². The highest BCUT2D eigenvalue weighted by Crippen LogP contribution is 2.33. The van der Waals surface area contributed by atoms with Gasteiger partial charge in [-0.3, -0.25) is 0 Å². The maximum atomic E-state index is 4.50. The highest BCUT2D eigenvalue weighted by Gasteiger charge is 2.11. The molecule has 0 fully saturated rings. The maximum absolute atomic E-state index is 4.50. The lowest BCUT2D eigenvalue weighted by atomic mass is 10.4. The molecule has 7 heteroatoms. The lowest BCUT2D eigenvalue weighted by Gasteiger charge is -2.05. The van der Waals surface area contributed by atoms with E-state index in [-0.39, 0.29) is 0 Å². The van der Waals surface area contributed by atoms with Gasteiger partial charge in [0.15, 0.2) is 5.16 Å². The molecular formula is C11H11N5S2.